The Balaban J connectivity index is 1.55. The number of aromatic nitrogens is 3. The summed E-state index contributed by atoms with van der Waals surface area (Å²) in [4.78, 5) is 16.6. The molecule has 5 heterocycles. The molecule has 6 heteroatoms. The molecule has 0 amide bonds. The van der Waals surface area contributed by atoms with Gasteiger partial charge in [-0.25, -0.2) is 0 Å². The minimum absolute atomic E-state index is 0.0283. The third kappa shape index (κ3) is 3.02. The van der Waals surface area contributed by atoms with E-state index >= 15 is 0 Å². The van der Waals surface area contributed by atoms with Crippen molar-refractivity contribution in [1.29, 1.82) is 0 Å². The van der Waals surface area contributed by atoms with E-state index in [2.05, 4.69) is 62.9 Å². The molecule has 0 unspecified atom stereocenters. The normalized spacial score (nSPS) is 23.7. The van der Waals surface area contributed by atoms with E-state index in [9.17, 15) is 0 Å². The second-order valence-electron chi connectivity index (χ2n) is 7.26. The minimum atomic E-state index is 0.0283. The lowest BCUT2D eigenvalue weighted by Gasteiger charge is -2.32. The summed E-state index contributed by atoms with van der Waals surface area (Å²) in [5.41, 5.74) is 3.54. The fourth-order valence-electron chi connectivity index (χ4n) is 4.20. The summed E-state index contributed by atoms with van der Waals surface area (Å²) in [6.45, 7) is 3.09. The Morgan fingerprint density at radius 3 is 2.86 bits per heavy atom. The molecule has 3 aromatic rings. The molecular formula is C22H23N5S. The number of fused-ring (bicyclic) bond motifs is 1. The Morgan fingerprint density at radius 2 is 2.07 bits per heavy atom. The van der Waals surface area contributed by atoms with E-state index in [4.69, 9.17) is 4.99 Å². The second kappa shape index (κ2) is 7.43. The number of nitrogens with zero attached hydrogens (tertiary/aromatic N) is 5. The number of hydrogen-bond donors (Lipinski definition) is 0. The molecule has 0 aliphatic carbocycles. The lowest BCUT2D eigenvalue weighted by Crippen LogP contribution is -2.36. The molecule has 0 radical (unpaired) electrons. The van der Waals surface area contributed by atoms with E-state index in [0.717, 1.165) is 24.4 Å². The highest BCUT2D eigenvalue weighted by Gasteiger charge is 2.46. The van der Waals surface area contributed by atoms with Crippen LogP contribution >= 0.6 is 11.8 Å². The molecule has 3 atom stereocenters. The molecule has 3 aromatic heterocycles. The van der Waals surface area contributed by atoms with Gasteiger partial charge >= 0.3 is 0 Å². The van der Waals surface area contributed by atoms with E-state index in [1.165, 1.54) is 16.4 Å². The molecule has 2 aliphatic rings. The van der Waals surface area contributed by atoms with Crippen LogP contribution in [-0.4, -0.2) is 36.4 Å². The SMILES string of the molecule is CC[C@H]1CSC2=N[C@H](c3ccccn3)[C@@H](c3cccn3Cc3cccnc3)N21. The van der Waals surface area contributed by atoms with Crippen molar-refractivity contribution in [2.45, 2.75) is 38.0 Å². The number of aliphatic imine (C=N–C) groups is 1. The largest absolute Gasteiger partial charge is 0.345 e. The van der Waals surface area contributed by atoms with Crippen molar-refractivity contribution < 1.29 is 0 Å². The highest BCUT2D eigenvalue weighted by Crippen LogP contribution is 2.48. The van der Waals surface area contributed by atoms with Gasteiger partial charge in [-0.3, -0.25) is 15.0 Å². The average molecular weight is 390 g/mol. The molecule has 0 aromatic carbocycles. The molecular weight excluding hydrogens is 366 g/mol. The summed E-state index contributed by atoms with van der Waals surface area (Å²) in [5.74, 6) is 1.12. The first-order chi connectivity index (χ1) is 13.8. The average Bonchev–Trinajstić information content (AvgIpc) is 3.44. The Kier molecular flexibility index (Phi) is 4.64. The summed E-state index contributed by atoms with van der Waals surface area (Å²) >= 11 is 1.88. The lowest BCUT2D eigenvalue weighted by atomic mass is 9.99. The third-order valence-corrected chi connectivity index (χ3v) is 6.70. The number of pyridine rings is 2. The molecule has 1 fully saturated rings. The maximum absolute atomic E-state index is 5.12. The third-order valence-electron chi connectivity index (χ3n) is 5.57. The van der Waals surface area contributed by atoms with E-state index in [1.54, 1.807) is 0 Å². The lowest BCUT2D eigenvalue weighted by molar-refractivity contribution is 0.246. The Labute approximate surface area is 169 Å². The zero-order valence-electron chi connectivity index (χ0n) is 15.8. The highest BCUT2D eigenvalue weighted by molar-refractivity contribution is 8.14. The van der Waals surface area contributed by atoms with Crippen molar-refractivity contribution in [2.75, 3.05) is 5.75 Å². The van der Waals surface area contributed by atoms with Crippen molar-refractivity contribution in [1.82, 2.24) is 19.4 Å². The molecule has 0 saturated carbocycles. The minimum Gasteiger partial charge on any atom is -0.345 e. The molecule has 0 bridgehead atoms. The molecule has 1 saturated heterocycles. The zero-order valence-corrected chi connectivity index (χ0v) is 16.7. The monoisotopic (exact) mass is 389 g/mol. The standard InChI is InChI=1S/C22H23N5S/c1-2-17-15-28-22-25-20(18-8-3-4-11-24-18)21(27(17)22)19-9-6-12-26(19)14-16-7-5-10-23-13-16/h3-13,17,20-21H,2,14-15H2,1H3/t17-,20+,21+/m0/s1. The van der Waals surface area contributed by atoms with Crippen LogP contribution in [0.2, 0.25) is 0 Å². The van der Waals surface area contributed by atoms with Gasteiger partial charge in [-0.05, 0) is 42.3 Å². The van der Waals surface area contributed by atoms with Gasteiger partial charge in [0.25, 0.3) is 0 Å². The molecule has 2 aliphatic heterocycles. The maximum atomic E-state index is 5.12. The second-order valence-corrected chi connectivity index (χ2v) is 8.25. The summed E-state index contributed by atoms with van der Waals surface area (Å²) in [6, 6.07) is 15.4. The van der Waals surface area contributed by atoms with Crippen LogP contribution in [-0.2, 0) is 6.54 Å². The van der Waals surface area contributed by atoms with Crippen molar-refractivity contribution in [2.24, 2.45) is 4.99 Å². The number of hydrogen-bond acceptors (Lipinski definition) is 5. The van der Waals surface area contributed by atoms with Crippen LogP contribution in [0.15, 0.2) is 72.2 Å². The molecule has 5 rings (SSSR count). The molecule has 142 valence electrons. The first-order valence-corrected chi connectivity index (χ1v) is 10.8. The Hall–Kier alpha value is -2.60. The van der Waals surface area contributed by atoms with Crippen LogP contribution in [0, 0.1) is 0 Å². The van der Waals surface area contributed by atoms with Crippen LogP contribution in [0.5, 0.6) is 0 Å². The summed E-state index contributed by atoms with van der Waals surface area (Å²) in [6.07, 6.45) is 8.93. The van der Waals surface area contributed by atoms with Gasteiger partial charge in [0.15, 0.2) is 5.17 Å². The first-order valence-electron chi connectivity index (χ1n) is 9.79. The highest BCUT2D eigenvalue weighted by atomic mass is 32.2. The topological polar surface area (TPSA) is 46.3 Å². The van der Waals surface area contributed by atoms with Crippen molar-refractivity contribution in [3.8, 4) is 0 Å². The van der Waals surface area contributed by atoms with Gasteiger partial charge in [-0.15, -0.1) is 0 Å². The summed E-state index contributed by atoms with van der Waals surface area (Å²) in [5, 5.41) is 1.17. The van der Waals surface area contributed by atoms with Gasteiger partial charge in [0.2, 0.25) is 0 Å². The van der Waals surface area contributed by atoms with Gasteiger partial charge in [0.1, 0.15) is 6.04 Å². The van der Waals surface area contributed by atoms with Crippen molar-refractivity contribution >= 4 is 16.9 Å². The van der Waals surface area contributed by atoms with E-state index in [0.29, 0.717) is 6.04 Å². The van der Waals surface area contributed by atoms with Gasteiger partial charge in [0, 0.05) is 48.8 Å². The van der Waals surface area contributed by atoms with E-state index < -0.39 is 0 Å². The molecule has 5 nitrogen and oxygen atoms in total. The quantitative estimate of drug-likeness (QED) is 0.652. The molecule has 0 N–H and O–H groups in total. The van der Waals surface area contributed by atoms with Gasteiger partial charge in [-0.2, -0.15) is 0 Å². The predicted molar refractivity (Wildman–Crippen MR) is 113 cm³/mol. The summed E-state index contributed by atoms with van der Waals surface area (Å²) < 4.78 is 2.34. The van der Waals surface area contributed by atoms with Crippen molar-refractivity contribution in [3.05, 3.63) is 84.2 Å². The van der Waals surface area contributed by atoms with E-state index in [-0.39, 0.29) is 12.1 Å². The smallest absolute Gasteiger partial charge is 0.160 e. The maximum Gasteiger partial charge on any atom is 0.160 e. The van der Waals surface area contributed by atoms with Crippen LogP contribution in [0.1, 0.15) is 42.4 Å². The first kappa shape index (κ1) is 17.5. The van der Waals surface area contributed by atoms with Crippen LogP contribution < -0.4 is 0 Å². The Morgan fingerprint density at radius 1 is 1.11 bits per heavy atom. The number of amidine groups is 1. The Bertz CT molecular complexity index is 969. The number of rotatable bonds is 5. The fraction of sp³-hybridized carbons (Fsp3) is 0.318. The number of thioether (sulfide) groups is 1. The predicted octanol–water partition coefficient (Wildman–Crippen LogP) is 4.31. The van der Waals surface area contributed by atoms with Gasteiger partial charge < -0.3 is 9.47 Å². The zero-order chi connectivity index (χ0) is 18.9. The van der Waals surface area contributed by atoms with Gasteiger partial charge in [0.05, 0.1) is 11.7 Å². The van der Waals surface area contributed by atoms with E-state index in [1.807, 2.05) is 42.5 Å². The fourth-order valence-corrected chi connectivity index (χ4v) is 5.54. The van der Waals surface area contributed by atoms with Crippen LogP contribution in [0.3, 0.4) is 0 Å². The molecule has 0 spiro atoms. The molecule has 28 heavy (non-hydrogen) atoms. The van der Waals surface area contributed by atoms with Crippen LogP contribution in [0.4, 0.5) is 0 Å². The van der Waals surface area contributed by atoms with Gasteiger partial charge in [-0.1, -0.05) is 30.8 Å². The summed E-state index contributed by atoms with van der Waals surface area (Å²) in [7, 11) is 0. The van der Waals surface area contributed by atoms with Crippen LogP contribution in [0.25, 0.3) is 0 Å². The van der Waals surface area contributed by atoms with Crippen molar-refractivity contribution in [3.63, 3.8) is 0 Å².